The van der Waals surface area contributed by atoms with Crippen LogP contribution in [0.15, 0.2) is 0 Å². The lowest BCUT2D eigenvalue weighted by molar-refractivity contribution is -0.140. The second-order valence-electron chi connectivity index (χ2n) is 10.4. The summed E-state index contributed by atoms with van der Waals surface area (Å²) in [5.41, 5.74) is 0. The van der Waals surface area contributed by atoms with E-state index < -0.39 is 23.8 Å². The van der Waals surface area contributed by atoms with E-state index in [1.807, 2.05) is 41.5 Å². The molecule has 0 fully saturated rings. The van der Waals surface area contributed by atoms with E-state index in [1.165, 1.54) is 4.90 Å². The van der Waals surface area contributed by atoms with Crippen LogP contribution in [0.2, 0.25) is 0 Å². The average molecular weight is 537 g/mol. The van der Waals surface area contributed by atoms with Crippen molar-refractivity contribution < 1.29 is 39.3 Å². The molecule has 3 N–H and O–H groups in total. The van der Waals surface area contributed by atoms with Crippen LogP contribution in [0.1, 0.15) is 60.8 Å². The van der Waals surface area contributed by atoms with Gasteiger partial charge in [0.1, 0.15) is 0 Å². The van der Waals surface area contributed by atoms with Crippen molar-refractivity contribution >= 4 is 51.7 Å². The van der Waals surface area contributed by atoms with Gasteiger partial charge in [0.2, 0.25) is 5.12 Å². The highest BCUT2D eigenvalue weighted by molar-refractivity contribution is 8.15. The van der Waals surface area contributed by atoms with E-state index in [0.717, 1.165) is 23.5 Å². The Hall–Kier alpha value is -1.63. The molecule has 0 rings (SSSR count). The van der Waals surface area contributed by atoms with Gasteiger partial charge in [0.25, 0.3) is 0 Å². The Labute approximate surface area is 216 Å². The molecule has 0 amide bonds. The number of hydrogen-bond donors (Lipinski definition) is 3. The Morgan fingerprint density at radius 1 is 0.629 bits per heavy atom. The molecule has 0 radical (unpaired) electrons. The first-order valence-corrected chi connectivity index (χ1v) is 13.0. The minimum Gasteiger partial charge on any atom is -0.481 e. The fraction of sp³-hybridized carbons (Fsp3) is 0.783. The first-order chi connectivity index (χ1) is 15.9. The van der Waals surface area contributed by atoms with Gasteiger partial charge in [0.05, 0.1) is 19.6 Å². The van der Waals surface area contributed by atoms with Gasteiger partial charge in [-0.05, 0) is 18.9 Å². The van der Waals surface area contributed by atoms with Crippen molar-refractivity contribution in [3.8, 4) is 0 Å². The Morgan fingerprint density at radius 2 is 1.09 bits per heavy atom. The molecule has 1 unspecified atom stereocenters. The average Bonchev–Trinajstić information content (AvgIpc) is 2.58. The van der Waals surface area contributed by atoms with Crippen molar-refractivity contribution in [1.29, 1.82) is 0 Å². The number of carboxylic acids is 3. The normalized spacial score (nSPS) is 13.1. The lowest BCUT2D eigenvalue weighted by Crippen LogP contribution is -2.42. The molecule has 0 bridgehead atoms. The molecule has 0 aliphatic carbocycles. The molecular weight excluding hydrogens is 496 g/mol. The highest BCUT2D eigenvalue weighted by Crippen LogP contribution is 2.28. The lowest BCUT2D eigenvalue weighted by Gasteiger charge is -2.27. The van der Waals surface area contributed by atoms with Crippen molar-refractivity contribution in [2.24, 2.45) is 5.92 Å². The number of thioether (sulfide) groups is 2. The number of hydrogen-bond acceptors (Lipinski definition) is 9. The summed E-state index contributed by atoms with van der Waals surface area (Å²) in [4.78, 5) is 61.6. The summed E-state index contributed by atoms with van der Waals surface area (Å²) in [7, 11) is 0. The van der Waals surface area contributed by atoms with Crippen LogP contribution in [-0.4, -0.2) is 102 Å². The number of rotatable bonds is 16. The minimum atomic E-state index is -1.10. The maximum absolute atomic E-state index is 12.4. The maximum atomic E-state index is 12.4. The second kappa shape index (κ2) is 15.5. The van der Waals surface area contributed by atoms with E-state index in [1.54, 1.807) is 4.90 Å². The third kappa shape index (κ3) is 20.3. The van der Waals surface area contributed by atoms with Crippen molar-refractivity contribution in [2.75, 3.05) is 39.3 Å². The molecule has 35 heavy (non-hydrogen) atoms. The van der Waals surface area contributed by atoms with Crippen molar-refractivity contribution in [3.63, 3.8) is 0 Å². The molecule has 0 saturated heterocycles. The fourth-order valence-corrected chi connectivity index (χ4v) is 5.15. The van der Waals surface area contributed by atoms with Gasteiger partial charge in [-0.2, -0.15) is 0 Å². The van der Waals surface area contributed by atoms with Crippen LogP contribution in [0, 0.1) is 5.92 Å². The Bertz CT molecular complexity index is 693. The van der Waals surface area contributed by atoms with Crippen LogP contribution in [0.3, 0.4) is 0 Å². The molecular formula is C23H40N2O8S2. The number of carbonyl (C=O) groups excluding carboxylic acids is 2. The van der Waals surface area contributed by atoms with Crippen LogP contribution in [0.4, 0.5) is 0 Å². The van der Waals surface area contributed by atoms with Gasteiger partial charge in [-0.1, -0.05) is 65.1 Å². The largest absolute Gasteiger partial charge is 0.481 e. The summed E-state index contributed by atoms with van der Waals surface area (Å²) in [5, 5.41) is 27.4. The molecule has 0 heterocycles. The van der Waals surface area contributed by atoms with Crippen LogP contribution in [0.25, 0.3) is 0 Å². The van der Waals surface area contributed by atoms with Gasteiger partial charge in [-0.15, -0.1) is 0 Å². The monoisotopic (exact) mass is 536 g/mol. The van der Waals surface area contributed by atoms with Crippen LogP contribution in [0.5, 0.6) is 0 Å². The van der Waals surface area contributed by atoms with Crippen LogP contribution < -0.4 is 0 Å². The van der Waals surface area contributed by atoms with Gasteiger partial charge in [-0.25, -0.2) is 0 Å². The van der Waals surface area contributed by atoms with Crippen molar-refractivity contribution in [2.45, 2.75) is 70.3 Å². The predicted molar refractivity (Wildman–Crippen MR) is 138 cm³/mol. The lowest BCUT2D eigenvalue weighted by atomic mass is 9.98. The first kappa shape index (κ1) is 33.4. The number of nitrogens with zero attached hydrogens (tertiary/aromatic N) is 2. The predicted octanol–water partition coefficient (Wildman–Crippen LogP) is 2.75. The molecule has 12 heteroatoms. The van der Waals surface area contributed by atoms with E-state index >= 15 is 0 Å². The smallest absolute Gasteiger partial charge is 0.317 e. The van der Waals surface area contributed by atoms with Crippen molar-refractivity contribution in [3.05, 3.63) is 0 Å². The number of carbonyl (C=O) groups is 5. The Kier molecular flexibility index (Phi) is 14.8. The van der Waals surface area contributed by atoms with E-state index in [4.69, 9.17) is 0 Å². The summed E-state index contributed by atoms with van der Waals surface area (Å²) in [5.74, 6) is -3.66. The van der Waals surface area contributed by atoms with Gasteiger partial charge in [-0.3, -0.25) is 33.8 Å². The molecule has 202 valence electrons. The minimum absolute atomic E-state index is 0.0683. The Morgan fingerprint density at radius 3 is 1.54 bits per heavy atom. The third-order valence-electron chi connectivity index (χ3n) is 4.42. The summed E-state index contributed by atoms with van der Waals surface area (Å²) >= 11 is 2.27. The molecule has 0 aliphatic rings. The highest BCUT2D eigenvalue weighted by atomic mass is 32.2. The third-order valence-corrected chi connectivity index (χ3v) is 6.39. The first-order valence-electron chi connectivity index (χ1n) is 11.4. The summed E-state index contributed by atoms with van der Waals surface area (Å²) in [6.07, 6.45) is 0.160. The maximum Gasteiger partial charge on any atom is 0.317 e. The SMILES string of the molecule is CC(C)(C)SC(=O)CC(CCN(CCN(CC(=O)O)CC(=O)SC(C)(C)C)CC(=O)O)CC(=O)O. The van der Waals surface area contributed by atoms with Crippen molar-refractivity contribution in [1.82, 2.24) is 9.80 Å². The number of aliphatic carboxylic acids is 3. The van der Waals surface area contributed by atoms with Crippen LogP contribution >= 0.6 is 23.5 Å². The molecule has 0 aromatic rings. The quantitative estimate of drug-likeness (QED) is 0.266. The summed E-state index contributed by atoms with van der Waals surface area (Å²) < 4.78 is -0.611. The Balaban J connectivity index is 5.20. The van der Waals surface area contributed by atoms with E-state index in [0.29, 0.717) is 6.42 Å². The zero-order valence-corrected chi connectivity index (χ0v) is 23.2. The molecule has 0 aromatic carbocycles. The van der Waals surface area contributed by atoms with E-state index in [2.05, 4.69) is 0 Å². The fourth-order valence-electron chi connectivity index (χ4n) is 3.21. The van der Waals surface area contributed by atoms with E-state index in [9.17, 15) is 39.3 Å². The van der Waals surface area contributed by atoms with E-state index in [-0.39, 0.29) is 71.8 Å². The molecule has 0 aromatic heterocycles. The second-order valence-corrected chi connectivity index (χ2v) is 14.2. The van der Waals surface area contributed by atoms with Gasteiger partial charge in [0, 0.05) is 35.4 Å². The topological polar surface area (TPSA) is 153 Å². The highest BCUT2D eigenvalue weighted by Gasteiger charge is 2.24. The van der Waals surface area contributed by atoms with Gasteiger partial charge in [0.15, 0.2) is 5.12 Å². The summed E-state index contributed by atoms with van der Waals surface area (Å²) in [6.45, 7) is 11.1. The number of carboxylic acid groups (broad SMARTS) is 3. The molecule has 0 saturated carbocycles. The van der Waals surface area contributed by atoms with Gasteiger partial charge >= 0.3 is 17.9 Å². The zero-order valence-electron chi connectivity index (χ0n) is 21.5. The standard InChI is InChI=1S/C23H40N2O8S2/c1-22(2,3)34-20(32)12-16(11-17(26)27)7-8-24(13-18(28)29)9-10-25(14-19(30)31)15-21(33)35-23(4,5)6/h16H,7-15H2,1-6H3,(H,26,27)(H,28,29)(H,30,31). The van der Waals surface area contributed by atoms with Crippen LogP contribution in [-0.2, 0) is 24.0 Å². The van der Waals surface area contributed by atoms with Gasteiger partial charge < -0.3 is 15.3 Å². The summed E-state index contributed by atoms with van der Waals surface area (Å²) in [6, 6.07) is 0. The molecule has 0 aliphatic heterocycles. The molecule has 1 atom stereocenters. The molecule has 10 nitrogen and oxygen atoms in total. The zero-order chi connectivity index (χ0) is 27.4. The molecule has 0 spiro atoms.